The predicted octanol–water partition coefficient (Wildman–Crippen LogP) is 3.72. The summed E-state index contributed by atoms with van der Waals surface area (Å²) >= 11 is 5.73. The highest BCUT2D eigenvalue weighted by atomic mass is 35.5. The molecule has 0 amide bonds. The molecule has 0 spiro atoms. The maximum absolute atomic E-state index is 5.83. The molecule has 3 heteroatoms. The summed E-state index contributed by atoms with van der Waals surface area (Å²) in [5.74, 6) is 0.393. The monoisotopic (exact) mass is 234 g/mol. The minimum atomic E-state index is -0.303. The Hall–Kier alpha value is 0.210. The van der Waals surface area contributed by atoms with Gasteiger partial charge in [0, 0.05) is 18.7 Å². The number of hydrogen-bond donors (Lipinski definition) is 0. The molecular formula is C12H23ClO2. The zero-order valence-corrected chi connectivity index (χ0v) is 10.5. The molecule has 0 aromatic rings. The lowest BCUT2D eigenvalue weighted by molar-refractivity contribution is -0.274. The lowest BCUT2D eigenvalue weighted by Crippen LogP contribution is -2.40. The minimum absolute atomic E-state index is 0.303. The average molecular weight is 235 g/mol. The molecule has 1 saturated heterocycles. The van der Waals surface area contributed by atoms with Gasteiger partial charge in [0.15, 0.2) is 5.79 Å². The first-order chi connectivity index (χ1) is 7.33. The molecule has 1 rings (SSSR count). The molecule has 0 unspecified atom stereocenters. The average Bonchev–Trinajstić information content (AvgIpc) is 2.28. The van der Waals surface area contributed by atoms with Crippen LogP contribution in [0.4, 0.5) is 0 Å². The molecule has 2 nitrogen and oxygen atoms in total. The third kappa shape index (κ3) is 4.71. The van der Waals surface area contributed by atoms with Crippen molar-refractivity contribution in [1.29, 1.82) is 0 Å². The molecule has 0 aromatic heterocycles. The zero-order valence-electron chi connectivity index (χ0n) is 9.77. The van der Waals surface area contributed by atoms with Crippen LogP contribution < -0.4 is 0 Å². The number of unbranched alkanes of at least 4 members (excludes halogenated alkanes) is 2. The Morgan fingerprint density at radius 2 is 1.73 bits per heavy atom. The van der Waals surface area contributed by atoms with Crippen molar-refractivity contribution in [1.82, 2.24) is 0 Å². The normalized spacial score (nSPS) is 20.4. The van der Waals surface area contributed by atoms with Crippen molar-refractivity contribution < 1.29 is 9.47 Å². The van der Waals surface area contributed by atoms with Crippen molar-refractivity contribution >= 4 is 11.6 Å². The van der Waals surface area contributed by atoms with E-state index in [4.69, 9.17) is 21.1 Å². The Bertz CT molecular complexity index is 156. The van der Waals surface area contributed by atoms with Crippen molar-refractivity contribution in [2.75, 3.05) is 19.1 Å². The molecule has 0 aliphatic carbocycles. The second kappa shape index (κ2) is 7.48. The highest BCUT2D eigenvalue weighted by Gasteiger charge is 2.33. The topological polar surface area (TPSA) is 18.5 Å². The van der Waals surface area contributed by atoms with Gasteiger partial charge in [-0.15, -0.1) is 11.6 Å². The fourth-order valence-corrected chi connectivity index (χ4v) is 2.14. The van der Waals surface area contributed by atoms with E-state index in [1.54, 1.807) is 0 Å². The van der Waals surface area contributed by atoms with Gasteiger partial charge in [-0.3, -0.25) is 0 Å². The molecule has 90 valence electrons. The van der Waals surface area contributed by atoms with Gasteiger partial charge in [-0.1, -0.05) is 19.8 Å². The number of hydrogen-bond acceptors (Lipinski definition) is 2. The SMILES string of the molecule is CCCCCC1(CCCCl)OCCCO1. The van der Waals surface area contributed by atoms with Crippen molar-refractivity contribution in [2.45, 2.75) is 57.7 Å². The first-order valence-corrected chi connectivity index (χ1v) is 6.70. The fourth-order valence-electron chi connectivity index (χ4n) is 2.01. The Labute approximate surface area is 98.3 Å². The third-order valence-corrected chi connectivity index (χ3v) is 3.14. The first kappa shape index (κ1) is 13.3. The van der Waals surface area contributed by atoms with Crippen molar-refractivity contribution in [2.24, 2.45) is 0 Å². The van der Waals surface area contributed by atoms with E-state index in [1.807, 2.05) is 0 Å². The van der Waals surface area contributed by atoms with Crippen LogP contribution in [0, 0.1) is 0 Å². The lowest BCUT2D eigenvalue weighted by atomic mass is 10.0. The zero-order chi connectivity index (χ0) is 11.0. The molecule has 0 N–H and O–H groups in total. The van der Waals surface area contributed by atoms with E-state index >= 15 is 0 Å². The molecule has 0 aromatic carbocycles. The molecular weight excluding hydrogens is 212 g/mol. The van der Waals surface area contributed by atoms with Gasteiger partial charge in [0.1, 0.15) is 0 Å². The maximum atomic E-state index is 5.83. The largest absolute Gasteiger partial charge is 0.350 e. The lowest BCUT2D eigenvalue weighted by Gasteiger charge is -2.37. The Morgan fingerprint density at radius 1 is 1.07 bits per heavy atom. The quantitative estimate of drug-likeness (QED) is 0.494. The molecule has 0 bridgehead atoms. The summed E-state index contributed by atoms with van der Waals surface area (Å²) in [6.45, 7) is 3.90. The number of alkyl halides is 1. The first-order valence-electron chi connectivity index (χ1n) is 6.17. The molecule has 0 radical (unpaired) electrons. The van der Waals surface area contributed by atoms with Gasteiger partial charge < -0.3 is 9.47 Å². The Morgan fingerprint density at radius 3 is 2.33 bits per heavy atom. The second-order valence-electron chi connectivity index (χ2n) is 4.21. The standard InChI is InChI=1S/C12H23ClO2/c1-2-3-4-7-12(8-5-9-13)14-10-6-11-15-12/h2-11H2,1H3. The molecule has 1 fully saturated rings. The summed E-state index contributed by atoms with van der Waals surface area (Å²) < 4.78 is 11.7. The Balaban J connectivity index is 2.35. The van der Waals surface area contributed by atoms with Crippen LogP contribution in [-0.2, 0) is 9.47 Å². The van der Waals surface area contributed by atoms with Crippen LogP contribution in [0.2, 0.25) is 0 Å². The molecule has 0 atom stereocenters. The Kier molecular flexibility index (Phi) is 6.62. The summed E-state index contributed by atoms with van der Waals surface area (Å²) in [7, 11) is 0. The minimum Gasteiger partial charge on any atom is -0.350 e. The van der Waals surface area contributed by atoms with Gasteiger partial charge >= 0.3 is 0 Å². The summed E-state index contributed by atoms with van der Waals surface area (Å²) in [6.07, 6.45) is 7.67. The second-order valence-corrected chi connectivity index (χ2v) is 4.59. The van der Waals surface area contributed by atoms with Gasteiger partial charge in [-0.25, -0.2) is 0 Å². The van der Waals surface area contributed by atoms with E-state index in [-0.39, 0.29) is 5.79 Å². The molecule has 0 saturated carbocycles. The van der Waals surface area contributed by atoms with Crippen LogP contribution in [0.3, 0.4) is 0 Å². The summed E-state index contributed by atoms with van der Waals surface area (Å²) in [5.41, 5.74) is 0. The summed E-state index contributed by atoms with van der Waals surface area (Å²) in [4.78, 5) is 0. The van der Waals surface area contributed by atoms with E-state index in [0.717, 1.165) is 38.9 Å². The van der Waals surface area contributed by atoms with Crippen LogP contribution in [0.25, 0.3) is 0 Å². The van der Waals surface area contributed by atoms with Gasteiger partial charge in [-0.05, 0) is 19.3 Å². The van der Waals surface area contributed by atoms with Crippen LogP contribution in [-0.4, -0.2) is 24.9 Å². The van der Waals surface area contributed by atoms with E-state index in [0.29, 0.717) is 5.88 Å². The number of ether oxygens (including phenoxy) is 2. The maximum Gasteiger partial charge on any atom is 0.168 e. The van der Waals surface area contributed by atoms with E-state index in [9.17, 15) is 0 Å². The fraction of sp³-hybridized carbons (Fsp3) is 1.00. The van der Waals surface area contributed by atoms with Crippen LogP contribution >= 0.6 is 11.6 Å². The molecule has 1 aliphatic rings. The van der Waals surface area contributed by atoms with E-state index in [1.165, 1.54) is 19.3 Å². The van der Waals surface area contributed by atoms with Gasteiger partial charge in [0.2, 0.25) is 0 Å². The highest BCUT2D eigenvalue weighted by Crippen LogP contribution is 2.30. The van der Waals surface area contributed by atoms with Gasteiger partial charge in [0.05, 0.1) is 13.2 Å². The predicted molar refractivity (Wildman–Crippen MR) is 63.3 cm³/mol. The number of halogens is 1. The van der Waals surface area contributed by atoms with Crippen LogP contribution in [0.1, 0.15) is 51.9 Å². The summed E-state index contributed by atoms with van der Waals surface area (Å²) in [5, 5.41) is 0. The van der Waals surface area contributed by atoms with Crippen molar-refractivity contribution in [3.63, 3.8) is 0 Å². The van der Waals surface area contributed by atoms with Gasteiger partial charge in [-0.2, -0.15) is 0 Å². The summed E-state index contributed by atoms with van der Waals surface area (Å²) in [6, 6.07) is 0. The molecule has 1 aliphatic heterocycles. The molecule has 1 heterocycles. The van der Waals surface area contributed by atoms with E-state index < -0.39 is 0 Å². The van der Waals surface area contributed by atoms with Crippen LogP contribution in [0.15, 0.2) is 0 Å². The van der Waals surface area contributed by atoms with Crippen LogP contribution in [0.5, 0.6) is 0 Å². The highest BCUT2D eigenvalue weighted by molar-refractivity contribution is 6.17. The van der Waals surface area contributed by atoms with Gasteiger partial charge in [0.25, 0.3) is 0 Å². The molecule has 15 heavy (non-hydrogen) atoms. The third-order valence-electron chi connectivity index (χ3n) is 2.87. The van der Waals surface area contributed by atoms with Crippen molar-refractivity contribution in [3.05, 3.63) is 0 Å². The smallest absolute Gasteiger partial charge is 0.168 e. The van der Waals surface area contributed by atoms with E-state index in [2.05, 4.69) is 6.92 Å². The number of rotatable bonds is 7. The van der Waals surface area contributed by atoms with Crippen molar-refractivity contribution in [3.8, 4) is 0 Å².